The molecule has 0 radical (unpaired) electrons. The fraction of sp³-hybridized carbons (Fsp3) is 1.00. The smallest absolute Gasteiger partial charge is 0.00993 e. The lowest BCUT2D eigenvalue weighted by atomic mass is 10.5. The number of rotatable bonds is 3. The Labute approximate surface area is 56.3 Å². The fourth-order valence-corrected chi connectivity index (χ4v) is 0.335. The van der Waals surface area contributed by atoms with Crippen molar-refractivity contribution >= 4 is 11.0 Å². The predicted octanol–water partition coefficient (Wildman–Crippen LogP) is -0.989. The lowest BCUT2D eigenvalue weighted by molar-refractivity contribution is 0.291. The summed E-state index contributed by atoms with van der Waals surface area (Å²) in [6.07, 6.45) is 1.19. The molecule has 0 aromatic carbocycles. The van der Waals surface area contributed by atoms with Crippen LogP contribution in [0.5, 0.6) is 0 Å². The zero-order chi connectivity index (χ0) is 5.70. The molecule has 0 amide bonds. The van der Waals surface area contributed by atoms with Crippen molar-refractivity contribution in [2.24, 2.45) is 0 Å². The summed E-state index contributed by atoms with van der Waals surface area (Å²) >= 11 is 0. The lowest BCUT2D eigenvalue weighted by Gasteiger charge is -2.08. The highest BCUT2D eigenvalue weighted by atomic mass is 28.1. The van der Waals surface area contributed by atoms with Crippen molar-refractivity contribution < 1.29 is 0 Å². The van der Waals surface area contributed by atoms with E-state index in [0.29, 0.717) is 0 Å². The molecule has 0 rings (SSSR count). The quantitative estimate of drug-likeness (QED) is 0.394. The molecule has 3 heteroatoms. The molecule has 0 aliphatic carbocycles. The van der Waals surface area contributed by atoms with E-state index >= 15 is 0 Å². The van der Waals surface area contributed by atoms with E-state index < -0.39 is 0 Å². The Morgan fingerprint density at radius 1 is 1.38 bits per heavy atom. The van der Waals surface area contributed by atoms with Gasteiger partial charge in [-0.3, -0.25) is 10.4 Å². The van der Waals surface area contributed by atoms with Gasteiger partial charge in [0.2, 0.25) is 0 Å². The Bertz CT molecular complexity index is 39.4. The number of hydrogen-bond acceptors (Lipinski definition) is 2. The first-order chi connectivity index (χ1) is 3.27. The van der Waals surface area contributed by atoms with Crippen LogP contribution in [0.4, 0.5) is 0 Å². The van der Waals surface area contributed by atoms with Gasteiger partial charge in [0, 0.05) is 20.6 Å². The zero-order valence-electron chi connectivity index (χ0n) is 5.36. The molecular weight excluding hydrogens is 116 g/mol. The molecule has 0 unspecified atom stereocenters. The molecule has 0 atom stereocenters. The molecule has 0 heterocycles. The number of nitrogens with one attached hydrogen (secondary N) is 1. The molecule has 0 saturated heterocycles. The monoisotopic (exact) mass is 134 g/mol. The molecule has 1 N–H and O–H groups in total. The minimum Gasteiger partial charge on any atom is -0.256 e. The Balaban J connectivity index is 0. The Morgan fingerprint density at radius 2 is 1.88 bits per heavy atom. The van der Waals surface area contributed by atoms with Gasteiger partial charge >= 0.3 is 0 Å². The average Bonchev–Trinajstić information content (AvgIpc) is 1.61. The SMILES string of the molecule is CCCNN(C)C.[SiH4]. The molecule has 52 valence electrons. The van der Waals surface area contributed by atoms with E-state index in [-0.39, 0.29) is 11.0 Å². The van der Waals surface area contributed by atoms with Crippen LogP contribution in [0.2, 0.25) is 0 Å². The summed E-state index contributed by atoms with van der Waals surface area (Å²) in [6.45, 7) is 3.23. The van der Waals surface area contributed by atoms with Gasteiger partial charge in [0.05, 0.1) is 0 Å². The molecule has 0 aliphatic heterocycles. The van der Waals surface area contributed by atoms with Gasteiger partial charge in [0.15, 0.2) is 0 Å². The van der Waals surface area contributed by atoms with Gasteiger partial charge in [-0.05, 0) is 17.4 Å². The van der Waals surface area contributed by atoms with Crippen LogP contribution in [-0.2, 0) is 0 Å². The van der Waals surface area contributed by atoms with E-state index in [2.05, 4.69) is 12.3 Å². The van der Waals surface area contributed by atoms with Crippen molar-refractivity contribution in [2.75, 3.05) is 20.6 Å². The van der Waals surface area contributed by atoms with Crippen LogP contribution in [0.3, 0.4) is 0 Å². The van der Waals surface area contributed by atoms with Gasteiger partial charge < -0.3 is 0 Å². The number of hydrogen-bond donors (Lipinski definition) is 1. The Hall–Kier alpha value is 0.137. The van der Waals surface area contributed by atoms with Crippen molar-refractivity contribution in [1.29, 1.82) is 0 Å². The van der Waals surface area contributed by atoms with Crippen molar-refractivity contribution in [1.82, 2.24) is 10.4 Å². The summed E-state index contributed by atoms with van der Waals surface area (Å²) in [5.41, 5.74) is 3.13. The minimum atomic E-state index is 0. The molecule has 0 fully saturated rings. The summed E-state index contributed by atoms with van der Waals surface area (Å²) < 4.78 is 0. The van der Waals surface area contributed by atoms with Gasteiger partial charge in [-0.2, -0.15) is 0 Å². The second kappa shape index (κ2) is 7.14. The van der Waals surface area contributed by atoms with Crippen LogP contribution >= 0.6 is 0 Å². The van der Waals surface area contributed by atoms with Crippen LogP contribution in [0.25, 0.3) is 0 Å². The first kappa shape index (κ1) is 11.0. The summed E-state index contributed by atoms with van der Waals surface area (Å²) in [4.78, 5) is 0. The van der Waals surface area contributed by atoms with Crippen molar-refractivity contribution in [3.05, 3.63) is 0 Å². The lowest BCUT2D eigenvalue weighted by Crippen LogP contribution is -2.30. The van der Waals surface area contributed by atoms with Crippen LogP contribution in [0, 0.1) is 0 Å². The largest absolute Gasteiger partial charge is 0.256 e. The van der Waals surface area contributed by atoms with E-state index in [9.17, 15) is 0 Å². The zero-order valence-corrected chi connectivity index (χ0v) is 5.36. The van der Waals surface area contributed by atoms with Crippen molar-refractivity contribution in [2.45, 2.75) is 13.3 Å². The second-order valence-corrected chi connectivity index (χ2v) is 1.80. The van der Waals surface area contributed by atoms with Crippen LogP contribution in [0.1, 0.15) is 13.3 Å². The Morgan fingerprint density at radius 3 is 2.00 bits per heavy atom. The van der Waals surface area contributed by atoms with Gasteiger partial charge in [-0.25, -0.2) is 0 Å². The third kappa shape index (κ3) is 9.46. The predicted molar refractivity (Wildman–Crippen MR) is 43.3 cm³/mol. The van der Waals surface area contributed by atoms with Crippen LogP contribution in [0.15, 0.2) is 0 Å². The maximum atomic E-state index is 3.13. The maximum Gasteiger partial charge on any atom is 0.00993 e. The topological polar surface area (TPSA) is 15.3 Å². The second-order valence-electron chi connectivity index (χ2n) is 1.80. The fourth-order valence-electron chi connectivity index (χ4n) is 0.335. The van der Waals surface area contributed by atoms with Gasteiger partial charge in [0.1, 0.15) is 0 Å². The summed E-state index contributed by atoms with van der Waals surface area (Å²) in [7, 11) is 3.99. The molecule has 0 aromatic rings. The van der Waals surface area contributed by atoms with Gasteiger partial charge in [0.25, 0.3) is 0 Å². The van der Waals surface area contributed by atoms with Crippen LogP contribution in [-0.4, -0.2) is 36.6 Å². The molecule has 0 saturated carbocycles. The standard InChI is InChI=1S/C5H14N2.H4Si/c1-4-5-6-7(2)3;/h6H,4-5H2,1-3H3;1H4. The molecule has 2 nitrogen and oxygen atoms in total. The van der Waals surface area contributed by atoms with E-state index in [4.69, 9.17) is 0 Å². The van der Waals surface area contributed by atoms with E-state index in [1.165, 1.54) is 6.42 Å². The first-order valence-electron chi connectivity index (χ1n) is 2.68. The number of nitrogens with zero attached hydrogens (tertiary/aromatic N) is 1. The normalized spacial score (nSPS) is 9.00. The highest BCUT2D eigenvalue weighted by Gasteiger charge is 1.80. The van der Waals surface area contributed by atoms with Gasteiger partial charge in [-0.1, -0.05) is 6.92 Å². The first-order valence-corrected chi connectivity index (χ1v) is 2.68. The summed E-state index contributed by atoms with van der Waals surface area (Å²) in [6, 6.07) is 0. The average molecular weight is 134 g/mol. The highest BCUT2D eigenvalue weighted by Crippen LogP contribution is 1.68. The third-order valence-electron chi connectivity index (χ3n) is 0.678. The molecule has 0 aromatic heterocycles. The molecular formula is C5H18N2Si. The van der Waals surface area contributed by atoms with Crippen LogP contribution < -0.4 is 5.43 Å². The maximum absolute atomic E-state index is 3.13. The molecule has 0 bridgehead atoms. The van der Waals surface area contributed by atoms with Gasteiger partial charge in [-0.15, -0.1) is 0 Å². The van der Waals surface area contributed by atoms with E-state index in [0.717, 1.165) is 6.54 Å². The van der Waals surface area contributed by atoms with E-state index in [1.807, 2.05) is 19.1 Å². The Kier molecular flexibility index (Phi) is 9.82. The molecule has 0 spiro atoms. The summed E-state index contributed by atoms with van der Waals surface area (Å²) in [5, 5.41) is 1.96. The summed E-state index contributed by atoms with van der Waals surface area (Å²) in [5.74, 6) is 0. The molecule has 0 aliphatic rings. The highest BCUT2D eigenvalue weighted by molar-refractivity contribution is 5.75. The van der Waals surface area contributed by atoms with Crippen molar-refractivity contribution in [3.8, 4) is 0 Å². The molecule has 8 heavy (non-hydrogen) atoms. The van der Waals surface area contributed by atoms with E-state index in [1.54, 1.807) is 0 Å². The minimum absolute atomic E-state index is 0. The third-order valence-corrected chi connectivity index (χ3v) is 0.678. The number of hydrazine groups is 1. The van der Waals surface area contributed by atoms with Crippen molar-refractivity contribution in [3.63, 3.8) is 0 Å².